The van der Waals surface area contributed by atoms with Gasteiger partial charge in [-0.05, 0) is 34.2 Å². The third-order valence-electron chi connectivity index (χ3n) is 3.38. The van der Waals surface area contributed by atoms with E-state index in [9.17, 15) is 5.11 Å². The number of benzene rings is 2. The van der Waals surface area contributed by atoms with Crippen molar-refractivity contribution in [3.05, 3.63) is 59.2 Å². The quantitative estimate of drug-likeness (QED) is 0.703. The van der Waals surface area contributed by atoms with Gasteiger partial charge in [0.1, 0.15) is 6.10 Å². The second-order valence-electron chi connectivity index (χ2n) is 4.41. The minimum Gasteiger partial charge on any atom is -0.393 e. The Morgan fingerprint density at radius 1 is 1.00 bits per heavy atom. The van der Waals surface area contributed by atoms with Gasteiger partial charge in [0.25, 0.3) is 0 Å². The minimum atomic E-state index is -0.795. The average molecular weight is 226 g/mol. The molecule has 0 saturated carbocycles. The highest BCUT2D eigenvalue weighted by Gasteiger charge is 2.23. The fourth-order valence-corrected chi connectivity index (χ4v) is 2.60. The van der Waals surface area contributed by atoms with Gasteiger partial charge >= 0.3 is 0 Å². The summed E-state index contributed by atoms with van der Waals surface area (Å²) >= 11 is 0. The van der Waals surface area contributed by atoms with E-state index < -0.39 is 6.10 Å². The fourth-order valence-electron chi connectivity index (χ4n) is 2.60. The summed E-state index contributed by atoms with van der Waals surface area (Å²) in [4.78, 5) is 0. The third kappa shape index (κ3) is 1.57. The van der Waals surface area contributed by atoms with Crippen LogP contribution in [0.4, 0.5) is 0 Å². The smallest absolute Gasteiger partial charge is 0.103 e. The number of hydrogen-bond acceptors (Lipinski definition) is 2. The lowest BCUT2D eigenvalue weighted by molar-refractivity contribution is 0.0960. The maximum absolute atomic E-state index is 9.87. The molecule has 17 heavy (non-hydrogen) atoms. The van der Waals surface area contributed by atoms with Gasteiger partial charge < -0.3 is 10.2 Å². The predicted molar refractivity (Wildman–Crippen MR) is 66.7 cm³/mol. The highest BCUT2D eigenvalue weighted by Crippen LogP contribution is 2.40. The SMILES string of the molecule is OCC(O)c1cccc2c1-c1ccccc1C2. The molecule has 1 aliphatic carbocycles. The zero-order valence-electron chi connectivity index (χ0n) is 9.43. The summed E-state index contributed by atoms with van der Waals surface area (Å²) < 4.78 is 0. The summed E-state index contributed by atoms with van der Waals surface area (Å²) in [6, 6.07) is 14.2. The van der Waals surface area contributed by atoms with Crippen LogP contribution in [0.25, 0.3) is 11.1 Å². The molecule has 0 saturated heterocycles. The molecular formula is C15H14O2. The van der Waals surface area contributed by atoms with E-state index in [0.717, 1.165) is 17.5 Å². The molecule has 0 heterocycles. The Morgan fingerprint density at radius 2 is 1.76 bits per heavy atom. The maximum Gasteiger partial charge on any atom is 0.103 e. The van der Waals surface area contributed by atoms with Crippen molar-refractivity contribution >= 4 is 0 Å². The van der Waals surface area contributed by atoms with Gasteiger partial charge in [0.05, 0.1) is 6.61 Å². The first-order valence-corrected chi connectivity index (χ1v) is 5.80. The van der Waals surface area contributed by atoms with Crippen LogP contribution in [-0.2, 0) is 6.42 Å². The van der Waals surface area contributed by atoms with Crippen molar-refractivity contribution in [1.29, 1.82) is 0 Å². The molecule has 3 rings (SSSR count). The molecule has 2 nitrogen and oxygen atoms in total. The van der Waals surface area contributed by atoms with Gasteiger partial charge in [0.2, 0.25) is 0 Å². The van der Waals surface area contributed by atoms with E-state index in [1.54, 1.807) is 0 Å². The molecule has 2 aromatic carbocycles. The van der Waals surface area contributed by atoms with Crippen molar-refractivity contribution < 1.29 is 10.2 Å². The Morgan fingerprint density at radius 3 is 2.59 bits per heavy atom. The zero-order valence-corrected chi connectivity index (χ0v) is 9.43. The Kier molecular flexibility index (Phi) is 2.46. The topological polar surface area (TPSA) is 40.5 Å². The van der Waals surface area contributed by atoms with Crippen LogP contribution >= 0.6 is 0 Å². The van der Waals surface area contributed by atoms with Crippen LogP contribution in [-0.4, -0.2) is 16.8 Å². The summed E-state index contributed by atoms with van der Waals surface area (Å²) in [5, 5.41) is 19.0. The molecular weight excluding hydrogens is 212 g/mol. The molecule has 2 N–H and O–H groups in total. The van der Waals surface area contributed by atoms with Crippen LogP contribution in [0.5, 0.6) is 0 Å². The van der Waals surface area contributed by atoms with E-state index in [1.165, 1.54) is 16.7 Å². The maximum atomic E-state index is 9.87. The van der Waals surface area contributed by atoms with E-state index in [-0.39, 0.29) is 6.61 Å². The van der Waals surface area contributed by atoms with Crippen molar-refractivity contribution in [1.82, 2.24) is 0 Å². The second-order valence-corrected chi connectivity index (χ2v) is 4.41. The van der Waals surface area contributed by atoms with Gasteiger partial charge in [0.15, 0.2) is 0 Å². The summed E-state index contributed by atoms with van der Waals surface area (Å²) in [5.41, 5.74) is 5.64. The monoisotopic (exact) mass is 226 g/mol. The molecule has 0 aromatic heterocycles. The van der Waals surface area contributed by atoms with Crippen molar-refractivity contribution in [3.63, 3.8) is 0 Å². The largest absolute Gasteiger partial charge is 0.393 e. The summed E-state index contributed by atoms with van der Waals surface area (Å²) in [6.07, 6.45) is 0.119. The average Bonchev–Trinajstić information content (AvgIpc) is 2.76. The Balaban J connectivity index is 2.23. The molecule has 1 aliphatic rings. The number of aliphatic hydroxyl groups excluding tert-OH is 2. The van der Waals surface area contributed by atoms with Crippen molar-refractivity contribution in [2.24, 2.45) is 0 Å². The Bertz CT molecular complexity index is 561. The zero-order chi connectivity index (χ0) is 11.8. The molecule has 0 bridgehead atoms. The molecule has 0 aliphatic heterocycles. The minimum absolute atomic E-state index is 0.237. The first-order valence-electron chi connectivity index (χ1n) is 5.80. The van der Waals surface area contributed by atoms with Crippen LogP contribution in [0.15, 0.2) is 42.5 Å². The molecule has 0 amide bonds. The lowest BCUT2D eigenvalue weighted by Gasteiger charge is -2.13. The molecule has 0 fully saturated rings. The van der Waals surface area contributed by atoms with Crippen LogP contribution in [0.3, 0.4) is 0 Å². The molecule has 1 atom stereocenters. The van der Waals surface area contributed by atoms with Crippen molar-refractivity contribution in [3.8, 4) is 11.1 Å². The lowest BCUT2D eigenvalue weighted by atomic mass is 9.96. The van der Waals surface area contributed by atoms with Gasteiger partial charge in [0, 0.05) is 0 Å². The molecule has 2 heteroatoms. The summed E-state index contributed by atoms with van der Waals surface area (Å²) in [6.45, 7) is -0.237. The van der Waals surface area contributed by atoms with Gasteiger partial charge in [-0.1, -0.05) is 42.5 Å². The summed E-state index contributed by atoms with van der Waals surface area (Å²) in [5.74, 6) is 0. The fraction of sp³-hybridized carbons (Fsp3) is 0.200. The number of fused-ring (bicyclic) bond motifs is 3. The Hall–Kier alpha value is -1.64. The predicted octanol–water partition coefficient (Wildman–Crippen LogP) is 2.28. The van der Waals surface area contributed by atoms with E-state index >= 15 is 0 Å². The third-order valence-corrected chi connectivity index (χ3v) is 3.38. The molecule has 86 valence electrons. The van der Waals surface area contributed by atoms with Gasteiger partial charge in [-0.2, -0.15) is 0 Å². The molecule has 2 aromatic rings. The van der Waals surface area contributed by atoms with Crippen molar-refractivity contribution in [2.75, 3.05) is 6.61 Å². The summed E-state index contributed by atoms with van der Waals surface area (Å²) in [7, 11) is 0. The number of aliphatic hydroxyl groups is 2. The highest BCUT2D eigenvalue weighted by molar-refractivity contribution is 5.79. The van der Waals surface area contributed by atoms with E-state index in [0.29, 0.717) is 0 Å². The highest BCUT2D eigenvalue weighted by atomic mass is 16.3. The van der Waals surface area contributed by atoms with Crippen LogP contribution in [0, 0.1) is 0 Å². The number of hydrogen-bond donors (Lipinski definition) is 2. The normalized spacial score (nSPS) is 14.2. The molecule has 1 unspecified atom stereocenters. The van der Waals surface area contributed by atoms with Crippen LogP contribution in [0.1, 0.15) is 22.8 Å². The lowest BCUT2D eigenvalue weighted by Crippen LogP contribution is -2.04. The van der Waals surface area contributed by atoms with Crippen LogP contribution in [0.2, 0.25) is 0 Å². The first kappa shape index (κ1) is 10.5. The van der Waals surface area contributed by atoms with Gasteiger partial charge in [-0.15, -0.1) is 0 Å². The van der Waals surface area contributed by atoms with E-state index in [1.807, 2.05) is 24.3 Å². The van der Waals surface area contributed by atoms with Gasteiger partial charge in [-0.25, -0.2) is 0 Å². The van der Waals surface area contributed by atoms with E-state index in [4.69, 9.17) is 5.11 Å². The van der Waals surface area contributed by atoms with Gasteiger partial charge in [-0.3, -0.25) is 0 Å². The van der Waals surface area contributed by atoms with E-state index in [2.05, 4.69) is 18.2 Å². The number of rotatable bonds is 2. The molecule has 0 radical (unpaired) electrons. The van der Waals surface area contributed by atoms with Crippen molar-refractivity contribution in [2.45, 2.75) is 12.5 Å². The Labute approximate surface area is 100 Å². The standard InChI is InChI=1S/C15H14O2/c16-9-14(17)13-7-3-5-11-8-10-4-1-2-6-12(10)15(11)13/h1-7,14,16-17H,8-9H2. The molecule has 0 spiro atoms. The second kappa shape index (κ2) is 3.99. The van der Waals surface area contributed by atoms with Crippen LogP contribution < -0.4 is 0 Å². The first-order chi connectivity index (χ1) is 8.31.